The summed E-state index contributed by atoms with van der Waals surface area (Å²) >= 11 is 3.38. The van der Waals surface area contributed by atoms with Crippen LogP contribution in [0.2, 0.25) is 0 Å². The summed E-state index contributed by atoms with van der Waals surface area (Å²) in [5, 5.41) is 12.8. The Hall–Kier alpha value is -1.37. The topological polar surface area (TPSA) is 64.7 Å². The number of aromatic nitrogens is 1. The molecule has 1 aromatic heterocycles. The molecule has 1 N–H and O–H groups in total. The van der Waals surface area contributed by atoms with Gasteiger partial charge in [-0.2, -0.15) is 0 Å². The first-order chi connectivity index (χ1) is 8.74. The van der Waals surface area contributed by atoms with Gasteiger partial charge in [-0.1, -0.05) is 28.1 Å². The SMILES string of the molecule is COCOc1cc(-c2ccc(CO)c(Br)c2)on1. The van der Waals surface area contributed by atoms with E-state index in [0.717, 1.165) is 15.6 Å². The molecule has 0 spiro atoms. The van der Waals surface area contributed by atoms with E-state index >= 15 is 0 Å². The maximum absolute atomic E-state index is 9.08. The molecular formula is C12H12BrNO4. The van der Waals surface area contributed by atoms with Gasteiger partial charge in [0.15, 0.2) is 12.6 Å². The first kappa shape index (κ1) is 13.1. The highest BCUT2D eigenvalue weighted by Crippen LogP contribution is 2.28. The third-order valence-electron chi connectivity index (χ3n) is 2.32. The fourth-order valence-electron chi connectivity index (χ4n) is 1.41. The van der Waals surface area contributed by atoms with Crippen LogP contribution in [0.3, 0.4) is 0 Å². The molecule has 0 atom stereocenters. The number of aliphatic hydroxyl groups excluding tert-OH is 1. The van der Waals surface area contributed by atoms with Crippen molar-refractivity contribution in [2.24, 2.45) is 0 Å². The predicted octanol–water partition coefficient (Wildman–Crippen LogP) is 2.58. The maximum atomic E-state index is 9.08. The first-order valence-corrected chi connectivity index (χ1v) is 6.02. The molecule has 6 heteroatoms. The molecule has 18 heavy (non-hydrogen) atoms. The number of aliphatic hydroxyl groups is 1. The number of nitrogens with zero attached hydrogens (tertiary/aromatic N) is 1. The number of hydrogen-bond donors (Lipinski definition) is 1. The third kappa shape index (κ3) is 2.90. The molecule has 2 aromatic rings. The van der Waals surface area contributed by atoms with E-state index in [0.29, 0.717) is 11.6 Å². The maximum Gasteiger partial charge on any atom is 0.256 e. The number of benzene rings is 1. The van der Waals surface area contributed by atoms with Gasteiger partial charge in [0.1, 0.15) is 0 Å². The summed E-state index contributed by atoms with van der Waals surface area (Å²) < 4.78 is 15.9. The predicted molar refractivity (Wildman–Crippen MR) is 68.1 cm³/mol. The number of hydrogen-bond acceptors (Lipinski definition) is 5. The molecule has 0 fully saturated rings. The molecule has 0 radical (unpaired) electrons. The molecule has 0 saturated carbocycles. The third-order valence-corrected chi connectivity index (χ3v) is 3.06. The Bertz CT molecular complexity index is 527. The summed E-state index contributed by atoms with van der Waals surface area (Å²) in [7, 11) is 1.53. The van der Waals surface area contributed by atoms with Crippen molar-refractivity contribution in [1.29, 1.82) is 0 Å². The zero-order valence-corrected chi connectivity index (χ0v) is 11.3. The van der Waals surface area contributed by atoms with E-state index in [2.05, 4.69) is 21.1 Å². The van der Waals surface area contributed by atoms with Crippen molar-refractivity contribution in [3.63, 3.8) is 0 Å². The second-order valence-corrected chi connectivity index (χ2v) is 4.40. The fraction of sp³-hybridized carbons (Fsp3) is 0.250. The molecule has 5 nitrogen and oxygen atoms in total. The van der Waals surface area contributed by atoms with E-state index in [9.17, 15) is 0 Å². The van der Waals surface area contributed by atoms with Crippen LogP contribution in [0.25, 0.3) is 11.3 Å². The zero-order chi connectivity index (χ0) is 13.0. The van der Waals surface area contributed by atoms with Crippen molar-refractivity contribution in [3.8, 4) is 17.2 Å². The molecule has 0 aliphatic heterocycles. The summed E-state index contributed by atoms with van der Waals surface area (Å²) in [6, 6.07) is 7.19. The number of methoxy groups -OCH3 is 1. The first-order valence-electron chi connectivity index (χ1n) is 5.22. The molecule has 96 valence electrons. The van der Waals surface area contributed by atoms with Crippen LogP contribution in [0.5, 0.6) is 5.88 Å². The summed E-state index contributed by atoms with van der Waals surface area (Å²) in [5.74, 6) is 0.959. The molecule has 2 rings (SSSR count). The lowest BCUT2D eigenvalue weighted by atomic mass is 10.1. The fourth-order valence-corrected chi connectivity index (χ4v) is 1.92. The van der Waals surface area contributed by atoms with Gasteiger partial charge in [-0.15, -0.1) is 0 Å². The van der Waals surface area contributed by atoms with Crippen LogP contribution < -0.4 is 4.74 Å². The van der Waals surface area contributed by atoms with Crippen LogP contribution in [0.4, 0.5) is 0 Å². The van der Waals surface area contributed by atoms with Crippen LogP contribution in [0.15, 0.2) is 33.3 Å². The number of rotatable bonds is 5. The standard InChI is InChI=1S/C12H12BrNO4/c1-16-7-17-12-5-11(18-14-12)8-2-3-9(6-15)10(13)4-8/h2-5,15H,6-7H2,1H3. The second-order valence-electron chi connectivity index (χ2n) is 3.54. The van der Waals surface area contributed by atoms with Gasteiger partial charge < -0.3 is 19.1 Å². The lowest BCUT2D eigenvalue weighted by Gasteiger charge is -2.02. The Morgan fingerprint density at radius 3 is 2.89 bits per heavy atom. The lowest BCUT2D eigenvalue weighted by molar-refractivity contribution is 0.0453. The van der Waals surface area contributed by atoms with Crippen molar-refractivity contribution in [2.45, 2.75) is 6.61 Å². The van der Waals surface area contributed by atoms with Crippen molar-refractivity contribution in [1.82, 2.24) is 5.16 Å². The van der Waals surface area contributed by atoms with Gasteiger partial charge in [0.2, 0.25) is 0 Å². The molecule has 1 heterocycles. The normalized spacial score (nSPS) is 10.6. The minimum atomic E-state index is -0.0144. The van der Waals surface area contributed by atoms with Gasteiger partial charge in [-0.3, -0.25) is 0 Å². The highest BCUT2D eigenvalue weighted by Gasteiger charge is 2.09. The zero-order valence-electron chi connectivity index (χ0n) is 9.72. The van der Waals surface area contributed by atoms with Crippen molar-refractivity contribution >= 4 is 15.9 Å². The van der Waals surface area contributed by atoms with Crippen molar-refractivity contribution in [2.75, 3.05) is 13.9 Å². The molecule has 0 aliphatic carbocycles. The van der Waals surface area contributed by atoms with Crippen LogP contribution in [-0.2, 0) is 11.3 Å². The number of ether oxygens (including phenoxy) is 2. The summed E-state index contributed by atoms with van der Waals surface area (Å²) in [6.07, 6.45) is 0. The van der Waals surface area contributed by atoms with Crippen LogP contribution in [0.1, 0.15) is 5.56 Å². The Morgan fingerprint density at radius 2 is 2.22 bits per heavy atom. The Morgan fingerprint density at radius 1 is 1.39 bits per heavy atom. The molecular weight excluding hydrogens is 302 g/mol. The summed E-state index contributed by atoms with van der Waals surface area (Å²) in [4.78, 5) is 0. The van der Waals surface area contributed by atoms with Gasteiger partial charge in [-0.05, 0) is 16.8 Å². The molecule has 0 unspecified atom stereocenters. The summed E-state index contributed by atoms with van der Waals surface area (Å²) in [6.45, 7) is 0.110. The van der Waals surface area contributed by atoms with E-state index < -0.39 is 0 Å². The van der Waals surface area contributed by atoms with Crippen molar-refractivity contribution < 1.29 is 19.1 Å². The van der Waals surface area contributed by atoms with Gasteiger partial charge >= 0.3 is 0 Å². The lowest BCUT2D eigenvalue weighted by Crippen LogP contribution is -1.98. The van der Waals surface area contributed by atoms with Gasteiger partial charge in [0, 0.05) is 23.2 Å². The Balaban J connectivity index is 2.20. The quantitative estimate of drug-likeness (QED) is 0.859. The van der Waals surface area contributed by atoms with Crippen molar-refractivity contribution in [3.05, 3.63) is 34.3 Å². The van der Waals surface area contributed by atoms with E-state index in [1.54, 1.807) is 6.07 Å². The Labute approximate surface area is 112 Å². The monoisotopic (exact) mass is 313 g/mol. The minimum Gasteiger partial charge on any atom is -0.448 e. The second kappa shape index (κ2) is 5.99. The largest absolute Gasteiger partial charge is 0.448 e. The number of halogens is 1. The van der Waals surface area contributed by atoms with E-state index in [4.69, 9.17) is 19.1 Å². The van der Waals surface area contributed by atoms with E-state index in [1.165, 1.54) is 7.11 Å². The highest BCUT2D eigenvalue weighted by atomic mass is 79.9. The van der Waals surface area contributed by atoms with Gasteiger partial charge in [-0.25, -0.2) is 0 Å². The minimum absolute atomic E-state index is 0.0144. The average molecular weight is 314 g/mol. The molecule has 0 saturated heterocycles. The smallest absolute Gasteiger partial charge is 0.256 e. The molecule has 0 amide bonds. The molecule has 0 bridgehead atoms. The summed E-state index contributed by atoms with van der Waals surface area (Å²) in [5.41, 5.74) is 1.66. The molecule has 0 aliphatic rings. The van der Waals surface area contributed by atoms with Gasteiger partial charge in [0.05, 0.1) is 6.61 Å². The average Bonchev–Trinajstić information content (AvgIpc) is 2.85. The molecule has 1 aromatic carbocycles. The Kier molecular flexibility index (Phi) is 4.35. The van der Waals surface area contributed by atoms with Gasteiger partial charge in [0.25, 0.3) is 5.88 Å². The van der Waals surface area contributed by atoms with E-state index in [-0.39, 0.29) is 13.4 Å². The van der Waals surface area contributed by atoms with Crippen LogP contribution in [-0.4, -0.2) is 24.2 Å². The van der Waals surface area contributed by atoms with E-state index in [1.807, 2.05) is 18.2 Å². The highest BCUT2D eigenvalue weighted by molar-refractivity contribution is 9.10. The van der Waals surface area contributed by atoms with Crippen LogP contribution in [0, 0.1) is 0 Å². The van der Waals surface area contributed by atoms with Crippen LogP contribution >= 0.6 is 15.9 Å².